The minimum absolute atomic E-state index is 0.197. The van der Waals surface area contributed by atoms with E-state index in [4.69, 9.17) is 19.3 Å². The van der Waals surface area contributed by atoms with E-state index in [1.54, 1.807) is 36.3 Å². The predicted molar refractivity (Wildman–Crippen MR) is 123 cm³/mol. The molecule has 1 heterocycles. The molecule has 0 saturated carbocycles. The van der Waals surface area contributed by atoms with Gasteiger partial charge in [-0.1, -0.05) is 42.5 Å². The summed E-state index contributed by atoms with van der Waals surface area (Å²) in [5, 5.41) is 11.6. The molecule has 2 amide bonds. The average Bonchev–Trinajstić information content (AvgIpc) is 2.87. The van der Waals surface area contributed by atoms with E-state index in [2.05, 4.69) is 5.32 Å². The van der Waals surface area contributed by atoms with Crippen molar-refractivity contribution in [3.63, 3.8) is 0 Å². The van der Waals surface area contributed by atoms with Crippen molar-refractivity contribution < 1.29 is 33.7 Å². The topological polar surface area (TPSA) is 114 Å². The molecule has 3 rings (SSSR count). The molecular formula is C25H30N2O7. The summed E-state index contributed by atoms with van der Waals surface area (Å²) in [6.45, 7) is 0.655. The number of carboxylic acids is 1. The number of methoxy groups -OCH3 is 1. The van der Waals surface area contributed by atoms with E-state index < -0.39 is 18.1 Å². The Bertz CT molecular complexity index is 928. The molecule has 2 N–H and O–H groups in total. The number of amides is 2. The minimum Gasteiger partial charge on any atom is -0.497 e. The molecule has 0 aromatic heterocycles. The molecule has 2 aromatic rings. The van der Waals surface area contributed by atoms with Gasteiger partial charge in [-0.2, -0.15) is 0 Å². The largest absolute Gasteiger partial charge is 0.497 e. The molecule has 2 aromatic carbocycles. The number of rotatable bonds is 12. The third-order valence-electron chi connectivity index (χ3n) is 5.74. The van der Waals surface area contributed by atoms with E-state index in [0.717, 1.165) is 5.56 Å². The maximum atomic E-state index is 13.6. The monoisotopic (exact) mass is 470 g/mol. The first-order chi connectivity index (χ1) is 16.5. The first-order valence-corrected chi connectivity index (χ1v) is 11.1. The number of likely N-dealkylation sites (tertiary alicyclic amines) is 1. The number of ether oxygens (including phenoxy) is 3. The lowest BCUT2D eigenvalue weighted by molar-refractivity contribution is -0.152. The molecule has 9 nitrogen and oxygen atoms in total. The molecule has 0 spiro atoms. The van der Waals surface area contributed by atoms with Crippen LogP contribution in [-0.2, 0) is 30.5 Å². The molecule has 1 aliphatic rings. The molecule has 0 radical (unpaired) electrons. The summed E-state index contributed by atoms with van der Waals surface area (Å²) in [5.74, 6) is -0.608. The van der Waals surface area contributed by atoms with E-state index in [9.17, 15) is 14.4 Å². The lowest BCUT2D eigenvalue weighted by atomic mass is 9.98. The number of hydrogen-bond donors (Lipinski definition) is 2. The van der Waals surface area contributed by atoms with E-state index in [1.807, 2.05) is 30.3 Å². The Kier molecular flexibility index (Phi) is 9.42. The molecule has 9 heteroatoms. The second-order valence-electron chi connectivity index (χ2n) is 7.98. The van der Waals surface area contributed by atoms with Gasteiger partial charge in [0.2, 0.25) is 6.41 Å². The Hall–Kier alpha value is -3.43. The zero-order valence-electron chi connectivity index (χ0n) is 19.1. The van der Waals surface area contributed by atoms with Gasteiger partial charge in [-0.25, -0.2) is 4.79 Å². The van der Waals surface area contributed by atoms with Crippen LogP contribution in [0.4, 0.5) is 0 Å². The molecule has 2 unspecified atom stereocenters. The molecule has 0 bridgehead atoms. The summed E-state index contributed by atoms with van der Waals surface area (Å²) in [4.78, 5) is 37.5. The molecule has 2 atom stereocenters. The van der Waals surface area contributed by atoms with Crippen LogP contribution in [-0.4, -0.2) is 67.3 Å². The second-order valence-corrected chi connectivity index (χ2v) is 7.98. The van der Waals surface area contributed by atoms with Crippen LogP contribution in [0.1, 0.15) is 30.0 Å². The van der Waals surface area contributed by atoms with Gasteiger partial charge >= 0.3 is 5.97 Å². The number of carbonyl (C=O) groups is 3. The highest BCUT2D eigenvalue weighted by molar-refractivity contribution is 5.82. The molecule has 34 heavy (non-hydrogen) atoms. The number of carbonyl (C=O) groups excluding carboxylic acids is 2. The molecule has 0 aliphatic carbocycles. The predicted octanol–water partition coefficient (Wildman–Crippen LogP) is 2.16. The van der Waals surface area contributed by atoms with Crippen LogP contribution >= 0.6 is 0 Å². The van der Waals surface area contributed by atoms with Crippen LogP contribution < -0.4 is 10.1 Å². The number of carboxylic acid groups (broad SMARTS) is 1. The lowest BCUT2D eigenvalue weighted by Crippen LogP contribution is -2.50. The van der Waals surface area contributed by atoms with Crippen LogP contribution in [0.25, 0.3) is 0 Å². The smallest absolute Gasteiger partial charge is 0.329 e. The van der Waals surface area contributed by atoms with Crippen molar-refractivity contribution in [2.75, 3.05) is 26.8 Å². The summed E-state index contributed by atoms with van der Waals surface area (Å²) >= 11 is 0. The maximum Gasteiger partial charge on any atom is 0.329 e. The first kappa shape index (κ1) is 25.2. The molecule has 1 fully saturated rings. The van der Waals surface area contributed by atoms with Crippen molar-refractivity contribution in [2.24, 2.45) is 0 Å². The Labute approximate surface area is 198 Å². The van der Waals surface area contributed by atoms with Gasteiger partial charge in [0.05, 0.1) is 25.9 Å². The van der Waals surface area contributed by atoms with Gasteiger partial charge in [0.1, 0.15) is 12.4 Å². The Morgan fingerprint density at radius 3 is 2.38 bits per heavy atom. The maximum absolute atomic E-state index is 13.6. The van der Waals surface area contributed by atoms with Crippen LogP contribution in [0.2, 0.25) is 0 Å². The fraction of sp³-hybridized carbons (Fsp3) is 0.400. The number of nitrogens with one attached hydrogen (secondary N) is 1. The van der Waals surface area contributed by atoms with Gasteiger partial charge < -0.3 is 29.5 Å². The quantitative estimate of drug-likeness (QED) is 0.457. The van der Waals surface area contributed by atoms with E-state index in [1.165, 1.54) is 0 Å². The summed E-state index contributed by atoms with van der Waals surface area (Å²) in [5.41, 5.74) is 1.61. The van der Waals surface area contributed by atoms with Crippen molar-refractivity contribution >= 4 is 18.3 Å². The van der Waals surface area contributed by atoms with Crippen LogP contribution in [0.15, 0.2) is 54.6 Å². The van der Waals surface area contributed by atoms with Crippen molar-refractivity contribution in [2.45, 2.75) is 37.7 Å². The van der Waals surface area contributed by atoms with Gasteiger partial charge in [0.25, 0.3) is 5.91 Å². The average molecular weight is 471 g/mol. The fourth-order valence-corrected chi connectivity index (χ4v) is 3.93. The highest BCUT2D eigenvalue weighted by atomic mass is 16.5. The summed E-state index contributed by atoms with van der Waals surface area (Å²) in [7, 11) is 1.56. The van der Waals surface area contributed by atoms with E-state index in [0.29, 0.717) is 43.7 Å². The number of hydrogen-bond acceptors (Lipinski definition) is 6. The van der Waals surface area contributed by atoms with Gasteiger partial charge in [-0.15, -0.1) is 0 Å². The summed E-state index contributed by atoms with van der Waals surface area (Å²) in [6.07, 6.45) is 0.439. The van der Waals surface area contributed by atoms with E-state index >= 15 is 0 Å². The summed E-state index contributed by atoms with van der Waals surface area (Å²) in [6, 6.07) is 15.9. The highest BCUT2D eigenvalue weighted by Crippen LogP contribution is 2.26. The standard InChI is InChI=1S/C25H30N2O7/c1-32-20-9-7-19(8-10-20)23(26-17-28)24(34-15-18-5-3-2-4-6-18)25(31)27-13-11-21(12-14-27)33-16-22(29)30/h2-10,17,21,23-24H,11-16H2,1H3,(H,26,28)(H,29,30). The normalized spacial score (nSPS) is 15.9. The molecule has 1 saturated heterocycles. The third-order valence-corrected chi connectivity index (χ3v) is 5.74. The second kappa shape index (κ2) is 12.7. The zero-order chi connectivity index (χ0) is 24.3. The fourth-order valence-electron chi connectivity index (χ4n) is 3.93. The number of benzene rings is 2. The Morgan fingerprint density at radius 1 is 1.12 bits per heavy atom. The molecular weight excluding hydrogens is 440 g/mol. The number of nitrogens with zero attached hydrogens (tertiary/aromatic N) is 1. The number of piperidine rings is 1. The lowest BCUT2D eigenvalue weighted by Gasteiger charge is -2.36. The van der Waals surface area contributed by atoms with Crippen molar-refractivity contribution in [1.82, 2.24) is 10.2 Å². The first-order valence-electron chi connectivity index (χ1n) is 11.1. The van der Waals surface area contributed by atoms with Crippen molar-refractivity contribution in [1.29, 1.82) is 0 Å². The highest BCUT2D eigenvalue weighted by Gasteiger charge is 2.35. The Balaban J connectivity index is 1.77. The van der Waals surface area contributed by atoms with Gasteiger partial charge in [-0.05, 0) is 36.1 Å². The van der Waals surface area contributed by atoms with E-state index in [-0.39, 0.29) is 25.2 Å². The van der Waals surface area contributed by atoms with Crippen molar-refractivity contribution in [3.8, 4) is 5.75 Å². The third kappa shape index (κ3) is 7.03. The van der Waals surface area contributed by atoms with Crippen LogP contribution in [0.3, 0.4) is 0 Å². The van der Waals surface area contributed by atoms with Crippen LogP contribution in [0, 0.1) is 0 Å². The molecule has 182 valence electrons. The van der Waals surface area contributed by atoms with Crippen LogP contribution in [0.5, 0.6) is 5.75 Å². The SMILES string of the molecule is COc1ccc(C(NC=O)C(OCc2ccccc2)C(=O)N2CCC(OCC(=O)O)CC2)cc1. The van der Waals surface area contributed by atoms with Crippen molar-refractivity contribution in [3.05, 3.63) is 65.7 Å². The minimum atomic E-state index is -1.02. The summed E-state index contributed by atoms with van der Waals surface area (Å²) < 4.78 is 16.7. The molecule has 1 aliphatic heterocycles. The van der Waals surface area contributed by atoms with Gasteiger partial charge in [0, 0.05) is 13.1 Å². The number of aliphatic carboxylic acids is 1. The van der Waals surface area contributed by atoms with Gasteiger partial charge in [0.15, 0.2) is 6.10 Å². The zero-order valence-corrected chi connectivity index (χ0v) is 19.1. The van der Waals surface area contributed by atoms with Gasteiger partial charge in [-0.3, -0.25) is 9.59 Å². The Morgan fingerprint density at radius 2 is 1.79 bits per heavy atom.